The van der Waals surface area contributed by atoms with E-state index in [9.17, 15) is 9.59 Å². The number of nitrogens with one attached hydrogen (secondary N) is 1. The predicted octanol–water partition coefficient (Wildman–Crippen LogP) is 2.90. The Morgan fingerprint density at radius 1 is 1.00 bits per heavy atom. The minimum Gasteiger partial charge on any atom is -0.355 e. The molecule has 0 aliphatic carbocycles. The van der Waals surface area contributed by atoms with Crippen LogP contribution in [0.3, 0.4) is 0 Å². The average Bonchev–Trinajstić information content (AvgIpc) is 2.56. The molecule has 23 heavy (non-hydrogen) atoms. The minimum absolute atomic E-state index is 0.0303. The highest BCUT2D eigenvalue weighted by Crippen LogP contribution is 2.12. The monoisotopic (exact) mass is 330 g/mol. The smallest absolute Gasteiger partial charge is 0.251 e. The first-order valence-electron chi connectivity index (χ1n) is 7.29. The molecule has 0 unspecified atom stereocenters. The molecule has 2 aromatic rings. The van der Waals surface area contributed by atoms with Crippen molar-refractivity contribution in [3.05, 3.63) is 70.2 Å². The molecule has 0 heterocycles. The van der Waals surface area contributed by atoms with Gasteiger partial charge < -0.3 is 10.2 Å². The maximum Gasteiger partial charge on any atom is 0.251 e. The summed E-state index contributed by atoms with van der Waals surface area (Å²) in [6, 6.07) is 14.5. The molecular formula is C18H19ClN2O2. The van der Waals surface area contributed by atoms with E-state index in [0.29, 0.717) is 23.6 Å². The molecule has 2 amide bonds. The van der Waals surface area contributed by atoms with Crippen molar-refractivity contribution in [2.24, 2.45) is 0 Å². The number of carbonyl (C=O) groups is 2. The Hall–Kier alpha value is -2.33. The third-order valence-electron chi connectivity index (χ3n) is 3.56. The zero-order chi connectivity index (χ0) is 16.8. The fourth-order valence-electron chi connectivity index (χ4n) is 2.18. The van der Waals surface area contributed by atoms with Gasteiger partial charge in [0.15, 0.2) is 0 Å². The van der Waals surface area contributed by atoms with Crippen LogP contribution in [0, 0.1) is 0 Å². The number of hydrogen-bond donors (Lipinski definition) is 1. The van der Waals surface area contributed by atoms with E-state index in [4.69, 9.17) is 11.6 Å². The van der Waals surface area contributed by atoms with Gasteiger partial charge in [0.2, 0.25) is 5.91 Å². The van der Waals surface area contributed by atoms with Gasteiger partial charge >= 0.3 is 0 Å². The molecule has 0 fully saturated rings. The van der Waals surface area contributed by atoms with Crippen LogP contribution in [-0.4, -0.2) is 30.8 Å². The standard InChI is InChI=1S/C18H19ClN2O2/c1-20-18(23)15-7-3-14(4-8-15)12-21(2)17(22)11-13-5-9-16(19)10-6-13/h3-10H,11-12H2,1-2H3,(H,20,23). The van der Waals surface area contributed by atoms with Crippen LogP contribution in [0.1, 0.15) is 21.5 Å². The molecular weight excluding hydrogens is 312 g/mol. The molecule has 5 heteroatoms. The lowest BCUT2D eigenvalue weighted by atomic mass is 10.1. The summed E-state index contributed by atoms with van der Waals surface area (Å²) in [5.41, 5.74) is 2.51. The fourth-order valence-corrected chi connectivity index (χ4v) is 2.31. The SMILES string of the molecule is CNC(=O)c1ccc(CN(C)C(=O)Cc2ccc(Cl)cc2)cc1. The number of halogens is 1. The molecule has 0 spiro atoms. The van der Waals surface area contributed by atoms with Gasteiger partial charge in [-0.25, -0.2) is 0 Å². The fraction of sp³-hybridized carbons (Fsp3) is 0.222. The highest BCUT2D eigenvalue weighted by atomic mass is 35.5. The average molecular weight is 331 g/mol. The number of carbonyl (C=O) groups excluding carboxylic acids is 2. The van der Waals surface area contributed by atoms with E-state index in [1.54, 1.807) is 43.3 Å². The largest absolute Gasteiger partial charge is 0.355 e. The first-order chi connectivity index (χ1) is 11.0. The van der Waals surface area contributed by atoms with Crippen LogP contribution in [0.4, 0.5) is 0 Å². The van der Waals surface area contributed by atoms with Crippen LogP contribution in [0.2, 0.25) is 5.02 Å². The van der Waals surface area contributed by atoms with Crippen molar-refractivity contribution in [3.63, 3.8) is 0 Å². The van der Waals surface area contributed by atoms with Gasteiger partial charge in [-0.3, -0.25) is 9.59 Å². The van der Waals surface area contributed by atoms with Gasteiger partial charge in [-0.2, -0.15) is 0 Å². The van der Waals surface area contributed by atoms with Crippen molar-refractivity contribution in [1.82, 2.24) is 10.2 Å². The molecule has 0 aromatic heterocycles. The van der Waals surface area contributed by atoms with Gasteiger partial charge in [0, 0.05) is 31.2 Å². The summed E-state index contributed by atoms with van der Waals surface area (Å²) < 4.78 is 0. The van der Waals surface area contributed by atoms with Crippen molar-refractivity contribution in [3.8, 4) is 0 Å². The molecule has 120 valence electrons. The molecule has 0 atom stereocenters. The highest BCUT2D eigenvalue weighted by molar-refractivity contribution is 6.30. The Balaban J connectivity index is 1.95. The lowest BCUT2D eigenvalue weighted by Gasteiger charge is -2.17. The first-order valence-corrected chi connectivity index (χ1v) is 7.67. The van der Waals surface area contributed by atoms with Crippen LogP contribution < -0.4 is 5.32 Å². The molecule has 2 rings (SSSR count). The summed E-state index contributed by atoms with van der Waals surface area (Å²) in [5.74, 6) is -0.0913. The first kappa shape index (κ1) is 17.0. The second-order valence-corrected chi connectivity index (χ2v) is 5.77. The van der Waals surface area contributed by atoms with E-state index in [1.807, 2.05) is 24.3 Å². The Bertz CT molecular complexity index is 681. The number of benzene rings is 2. The quantitative estimate of drug-likeness (QED) is 0.916. The molecule has 0 saturated heterocycles. The van der Waals surface area contributed by atoms with Crippen molar-refractivity contribution >= 4 is 23.4 Å². The van der Waals surface area contributed by atoms with E-state index in [0.717, 1.165) is 11.1 Å². The van der Waals surface area contributed by atoms with Gasteiger partial charge in [-0.1, -0.05) is 35.9 Å². The lowest BCUT2D eigenvalue weighted by molar-refractivity contribution is -0.129. The number of amides is 2. The second kappa shape index (κ2) is 7.79. The van der Waals surface area contributed by atoms with Gasteiger partial charge in [0.05, 0.1) is 6.42 Å². The third kappa shape index (κ3) is 4.83. The summed E-state index contributed by atoms with van der Waals surface area (Å²) >= 11 is 5.84. The zero-order valence-electron chi connectivity index (χ0n) is 13.2. The molecule has 2 aromatic carbocycles. The second-order valence-electron chi connectivity index (χ2n) is 5.33. The zero-order valence-corrected chi connectivity index (χ0v) is 13.9. The predicted molar refractivity (Wildman–Crippen MR) is 91.5 cm³/mol. The van der Waals surface area contributed by atoms with Crippen LogP contribution in [0.5, 0.6) is 0 Å². The summed E-state index contributed by atoms with van der Waals surface area (Å²) in [5, 5.41) is 3.24. The molecule has 0 aliphatic heterocycles. The minimum atomic E-state index is -0.122. The Morgan fingerprint density at radius 3 is 2.13 bits per heavy atom. The van der Waals surface area contributed by atoms with E-state index >= 15 is 0 Å². The molecule has 0 saturated carbocycles. The van der Waals surface area contributed by atoms with Crippen LogP contribution in [-0.2, 0) is 17.8 Å². The Labute approximate surface area is 141 Å². The molecule has 0 aliphatic rings. The topological polar surface area (TPSA) is 49.4 Å². The van der Waals surface area contributed by atoms with Crippen molar-refractivity contribution in [2.45, 2.75) is 13.0 Å². The highest BCUT2D eigenvalue weighted by Gasteiger charge is 2.11. The summed E-state index contributed by atoms with van der Waals surface area (Å²) in [7, 11) is 3.37. The number of likely N-dealkylation sites (N-methyl/N-ethyl adjacent to an activating group) is 1. The van der Waals surface area contributed by atoms with E-state index < -0.39 is 0 Å². The molecule has 0 radical (unpaired) electrons. The summed E-state index contributed by atoms with van der Waals surface area (Å²) in [6.45, 7) is 0.500. The van der Waals surface area contributed by atoms with Crippen molar-refractivity contribution in [1.29, 1.82) is 0 Å². The van der Waals surface area contributed by atoms with Crippen LogP contribution >= 0.6 is 11.6 Å². The van der Waals surface area contributed by atoms with E-state index in [1.165, 1.54) is 0 Å². The number of nitrogens with zero attached hydrogens (tertiary/aromatic N) is 1. The Morgan fingerprint density at radius 2 is 1.57 bits per heavy atom. The number of hydrogen-bond acceptors (Lipinski definition) is 2. The summed E-state index contributed by atoms with van der Waals surface area (Å²) in [6.07, 6.45) is 0.337. The normalized spacial score (nSPS) is 10.2. The summed E-state index contributed by atoms with van der Waals surface area (Å²) in [4.78, 5) is 25.4. The van der Waals surface area contributed by atoms with Gasteiger partial charge in [0.1, 0.15) is 0 Å². The molecule has 4 nitrogen and oxygen atoms in total. The number of rotatable bonds is 5. The maximum absolute atomic E-state index is 12.3. The van der Waals surface area contributed by atoms with E-state index in [-0.39, 0.29) is 11.8 Å². The van der Waals surface area contributed by atoms with Crippen molar-refractivity contribution in [2.75, 3.05) is 14.1 Å². The van der Waals surface area contributed by atoms with Crippen LogP contribution in [0.25, 0.3) is 0 Å². The van der Waals surface area contributed by atoms with Gasteiger partial charge in [0.25, 0.3) is 5.91 Å². The van der Waals surface area contributed by atoms with Crippen LogP contribution in [0.15, 0.2) is 48.5 Å². The maximum atomic E-state index is 12.3. The molecule has 0 bridgehead atoms. The van der Waals surface area contributed by atoms with Gasteiger partial charge in [-0.05, 0) is 35.4 Å². The Kier molecular flexibility index (Phi) is 5.77. The third-order valence-corrected chi connectivity index (χ3v) is 3.81. The molecule has 1 N–H and O–H groups in total. The van der Waals surface area contributed by atoms with Gasteiger partial charge in [-0.15, -0.1) is 0 Å². The van der Waals surface area contributed by atoms with E-state index in [2.05, 4.69) is 5.32 Å². The van der Waals surface area contributed by atoms with Crippen molar-refractivity contribution < 1.29 is 9.59 Å². The lowest BCUT2D eigenvalue weighted by Crippen LogP contribution is -2.27.